The van der Waals surface area contributed by atoms with E-state index in [1.807, 2.05) is 41.3 Å². The quantitative estimate of drug-likeness (QED) is 0.476. The van der Waals surface area contributed by atoms with Gasteiger partial charge in [0.25, 0.3) is 5.91 Å². The highest BCUT2D eigenvalue weighted by atomic mass is 35.5. The van der Waals surface area contributed by atoms with E-state index in [-0.39, 0.29) is 11.5 Å². The van der Waals surface area contributed by atoms with Gasteiger partial charge in [0.05, 0.1) is 5.56 Å². The molecule has 1 fully saturated rings. The van der Waals surface area contributed by atoms with Crippen LogP contribution >= 0.6 is 11.6 Å². The number of hydrogen-bond acceptors (Lipinski definition) is 7. The van der Waals surface area contributed by atoms with Gasteiger partial charge in [0, 0.05) is 62.2 Å². The minimum Gasteiger partial charge on any atom is -0.368 e. The number of nitrogens with zero attached hydrogens (tertiary/aromatic N) is 4. The predicted octanol–water partition coefficient (Wildman–Crippen LogP) is 3.25. The second-order valence-corrected chi connectivity index (χ2v) is 8.40. The lowest BCUT2D eigenvalue weighted by molar-refractivity contribution is -0.129. The van der Waals surface area contributed by atoms with Crippen LogP contribution in [-0.2, 0) is 11.3 Å². The summed E-state index contributed by atoms with van der Waals surface area (Å²) in [5.74, 6) is 0.189. The maximum absolute atomic E-state index is 11.8. The molecule has 1 aliphatic heterocycles. The molecule has 4 N–H and O–H groups in total. The van der Waals surface area contributed by atoms with Crippen molar-refractivity contribution in [2.45, 2.75) is 13.5 Å². The number of amides is 2. The molecule has 0 unspecified atom stereocenters. The third-order valence-electron chi connectivity index (χ3n) is 5.64. The van der Waals surface area contributed by atoms with Gasteiger partial charge in [-0.25, -0.2) is 4.98 Å². The molecule has 0 saturated carbocycles. The molecular weight excluding hydrogens is 454 g/mol. The highest BCUT2D eigenvalue weighted by Crippen LogP contribution is 2.23. The van der Waals surface area contributed by atoms with E-state index in [2.05, 4.69) is 25.5 Å². The van der Waals surface area contributed by atoms with Gasteiger partial charge in [-0.2, -0.15) is 4.98 Å². The fourth-order valence-corrected chi connectivity index (χ4v) is 3.84. The molecule has 0 bridgehead atoms. The topological polar surface area (TPSA) is 116 Å². The number of anilines is 4. The normalized spacial score (nSPS) is 13.5. The van der Waals surface area contributed by atoms with E-state index < -0.39 is 5.91 Å². The van der Waals surface area contributed by atoms with Crippen molar-refractivity contribution >= 4 is 46.6 Å². The van der Waals surface area contributed by atoms with Crippen LogP contribution in [0.5, 0.6) is 0 Å². The van der Waals surface area contributed by atoms with Gasteiger partial charge in [0.2, 0.25) is 11.9 Å². The Hall–Kier alpha value is -3.85. The highest BCUT2D eigenvalue weighted by Gasteiger charge is 2.19. The summed E-state index contributed by atoms with van der Waals surface area (Å²) in [6, 6.07) is 15.3. The molecule has 176 valence electrons. The van der Waals surface area contributed by atoms with Crippen molar-refractivity contribution in [3.63, 3.8) is 0 Å². The average Bonchev–Trinajstić information content (AvgIpc) is 2.84. The zero-order valence-corrected chi connectivity index (χ0v) is 19.5. The Morgan fingerprint density at radius 2 is 1.71 bits per heavy atom. The molecular formula is C24H26ClN7O2. The van der Waals surface area contributed by atoms with Crippen molar-refractivity contribution in [1.82, 2.24) is 14.9 Å². The van der Waals surface area contributed by atoms with Gasteiger partial charge in [-0.15, -0.1) is 0 Å². The number of hydrogen-bond donors (Lipinski definition) is 3. The predicted molar refractivity (Wildman–Crippen MR) is 134 cm³/mol. The van der Waals surface area contributed by atoms with Crippen LogP contribution in [0.3, 0.4) is 0 Å². The molecule has 4 rings (SSSR count). The maximum atomic E-state index is 11.8. The lowest BCUT2D eigenvalue weighted by Gasteiger charge is -2.35. The number of halogens is 1. The molecule has 34 heavy (non-hydrogen) atoms. The number of nitrogens with one attached hydrogen (secondary N) is 2. The van der Waals surface area contributed by atoms with Gasteiger partial charge in [-0.05, 0) is 42.0 Å². The molecule has 9 nitrogen and oxygen atoms in total. The molecule has 2 aromatic carbocycles. The van der Waals surface area contributed by atoms with Crippen molar-refractivity contribution in [3.05, 3.63) is 70.9 Å². The first-order valence-corrected chi connectivity index (χ1v) is 11.3. The molecule has 2 amide bonds. The van der Waals surface area contributed by atoms with Crippen LogP contribution in [-0.4, -0.2) is 52.9 Å². The lowest BCUT2D eigenvalue weighted by atomic mass is 10.2. The van der Waals surface area contributed by atoms with Crippen molar-refractivity contribution < 1.29 is 9.59 Å². The Morgan fingerprint density at radius 3 is 2.32 bits per heavy atom. The van der Waals surface area contributed by atoms with Crippen LogP contribution < -0.4 is 21.3 Å². The van der Waals surface area contributed by atoms with Gasteiger partial charge < -0.3 is 26.2 Å². The van der Waals surface area contributed by atoms with Gasteiger partial charge in [-0.1, -0.05) is 23.7 Å². The Kier molecular flexibility index (Phi) is 7.12. The number of primary amides is 1. The van der Waals surface area contributed by atoms with Crippen LogP contribution in [0.1, 0.15) is 22.8 Å². The van der Waals surface area contributed by atoms with E-state index >= 15 is 0 Å². The first-order chi connectivity index (χ1) is 16.4. The summed E-state index contributed by atoms with van der Waals surface area (Å²) in [5, 5.41) is 6.97. The summed E-state index contributed by atoms with van der Waals surface area (Å²) < 4.78 is 0. The Labute approximate surface area is 202 Å². The summed E-state index contributed by atoms with van der Waals surface area (Å²) in [5.41, 5.74) is 8.58. The molecule has 1 saturated heterocycles. The molecule has 10 heteroatoms. The van der Waals surface area contributed by atoms with E-state index in [9.17, 15) is 9.59 Å². The number of rotatable bonds is 7. The fourth-order valence-electron chi connectivity index (χ4n) is 3.71. The highest BCUT2D eigenvalue weighted by molar-refractivity contribution is 6.30. The molecule has 3 aromatic rings. The van der Waals surface area contributed by atoms with Gasteiger partial charge in [0.15, 0.2) is 0 Å². The molecule has 1 aliphatic rings. The summed E-state index contributed by atoms with van der Waals surface area (Å²) in [6.45, 7) is 5.09. The van der Waals surface area contributed by atoms with Crippen LogP contribution in [0.15, 0.2) is 54.7 Å². The minimum absolute atomic E-state index is 0.114. The van der Waals surface area contributed by atoms with Crippen LogP contribution in [0.25, 0.3) is 0 Å². The number of aromatic nitrogens is 2. The Morgan fingerprint density at radius 1 is 1.03 bits per heavy atom. The monoisotopic (exact) mass is 479 g/mol. The van der Waals surface area contributed by atoms with Crippen molar-refractivity contribution in [2.75, 3.05) is 41.7 Å². The Balaban J connectivity index is 1.43. The van der Waals surface area contributed by atoms with Crippen molar-refractivity contribution in [3.8, 4) is 0 Å². The largest absolute Gasteiger partial charge is 0.368 e. The zero-order valence-electron chi connectivity index (χ0n) is 18.8. The summed E-state index contributed by atoms with van der Waals surface area (Å²) in [4.78, 5) is 36.1. The summed E-state index contributed by atoms with van der Waals surface area (Å²) in [7, 11) is 0. The zero-order chi connectivity index (χ0) is 24.1. The number of piperazine rings is 1. The summed E-state index contributed by atoms with van der Waals surface area (Å²) >= 11 is 5.94. The van der Waals surface area contributed by atoms with E-state index in [1.165, 1.54) is 6.20 Å². The summed E-state index contributed by atoms with van der Waals surface area (Å²) in [6.07, 6.45) is 1.41. The van der Waals surface area contributed by atoms with E-state index in [1.54, 1.807) is 19.1 Å². The van der Waals surface area contributed by atoms with Crippen molar-refractivity contribution in [1.29, 1.82) is 0 Å². The van der Waals surface area contributed by atoms with Crippen LogP contribution in [0, 0.1) is 0 Å². The SMILES string of the molecule is CC(=O)N1CCN(c2ccc(Nc3ncc(C(N)=O)c(NCc4ccc(Cl)cc4)n3)cc2)CC1. The van der Waals surface area contributed by atoms with Gasteiger partial charge in [-0.3, -0.25) is 9.59 Å². The average molecular weight is 480 g/mol. The first-order valence-electron chi connectivity index (χ1n) is 10.9. The standard InChI is InChI=1S/C24H26ClN7O2/c1-16(33)31-10-12-32(13-11-31)20-8-6-19(7-9-20)29-24-28-15-21(22(26)34)23(30-24)27-14-17-2-4-18(25)5-3-17/h2-9,15H,10-14H2,1H3,(H2,26,34)(H2,27,28,29,30). The molecule has 0 atom stereocenters. The van der Waals surface area contributed by atoms with Crippen LogP contribution in [0.2, 0.25) is 5.02 Å². The molecule has 1 aromatic heterocycles. The smallest absolute Gasteiger partial charge is 0.254 e. The van der Waals surface area contributed by atoms with E-state index in [0.717, 1.165) is 43.1 Å². The van der Waals surface area contributed by atoms with Crippen molar-refractivity contribution in [2.24, 2.45) is 5.73 Å². The Bertz CT molecular complexity index is 1160. The van der Waals surface area contributed by atoms with Gasteiger partial charge in [0.1, 0.15) is 5.82 Å². The first kappa shape index (κ1) is 23.3. The number of nitrogens with two attached hydrogens (primary N) is 1. The fraction of sp³-hybridized carbons (Fsp3) is 0.250. The maximum Gasteiger partial charge on any atom is 0.254 e. The molecule has 0 aliphatic carbocycles. The van der Waals surface area contributed by atoms with E-state index in [4.69, 9.17) is 17.3 Å². The molecule has 2 heterocycles. The molecule has 0 spiro atoms. The number of carbonyl (C=O) groups excluding carboxylic acids is 2. The number of benzene rings is 2. The third kappa shape index (κ3) is 5.74. The number of carbonyl (C=O) groups is 2. The molecule has 0 radical (unpaired) electrons. The van der Waals surface area contributed by atoms with E-state index in [0.29, 0.717) is 23.3 Å². The lowest BCUT2D eigenvalue weighted by Crippen LogP contribution is -2.48. The minimum atomic E-state index is -0.612. The second kappa shape index (κ2) is 10.4. The second-order valence-electron chi connectivity index (χ2n) is 7.97. The van der Waals surface area contributed by atoms with Crippen LogP contribution in [0.4, 0.5) is 23.1 Å². The third-order valence-corrected chi connectivity index (χ3v) is 5.89. The van der Waals surface area contributed by atoms with Gasteiger partial charge >= 0.3 is 0 Å².